The highest BCUT2D eigenvalue weighted by Crippen LogP contribution is 2.24. The van der Waals surface area contributed by atoms with E-state index in [2.05, 4.69) is 0 Å². The Morgan fingerprint density at radius 3 is 2.39 bits per heavy atom. The van der Waals surface area contributed by atoms with Crippen LogP contribution in [-0.2, 0) is 6.42 Å². The van der Waals surface area contributed by atoms with Crippen LogP contribution < -0.4 is 0 Å². The van der Waals surface area contributed by atoms with E-state index < -0.39 is 18.0 Å². The Labute approximate surface area is 112 Å². The van der Waals surface area contributed by atoms with Gasteiger partial charge in [-0.25, -0.2) is 4.39 Å². The van der Waals surface area contributed by atoms with Gasteiger partial charge in [-0.05, 0) is 17.5 Å². The average molecular weight is 275 g/mol. The molecular weight excluding hydrogens is 255 g/mol. The van der Waals surface area contributed by atoms with E-state index >= 15 is 0 Å². The predicted molar refractivity (Wildman–Crippen MR) is 71.2 cm³/mol. The molecule has 0 aliphatic carbocycles. The quantitative estimate of drug-likeness (QED) is 0.836. The summed E-state index contributed by atoms with van der Waals surface area (Å²) in [5, 5.41) is 20.0. The second-order valence-corrected chi connectivity index (χ2v) is 4.93. The smallest absolute Gasteiger partial charge is 0.142 e. The highest BCUT2D eigenvalue weighted by atomic mass is 35.5. The van der Waals surface area contributed by atoms with Crippen molar-refractivity contribution in [3.63, 3.8) is 0 Å². The maximum atomic E-state index is 13.2. The maximum absolute atomic E-state index is 13.2. The molecule has 1 aromatic rings. The average Bonchev–Trinajstić information content (AvgIpc) is 2.36. The third-order valence-corrected chi connectivity index (χ3v) is 3.81. The first-order chi connectivity index (χ1) is 8.51. The molecule has 0 amide bonds. The molecule has 0 fully saturated rings. The predicted octanol–water partition coefficient (Wildman–Crippen LogP) is 3.18. The highest BCUT2D eigenvalue weighted by molar-refractivity contribution is 6.31. The van der Waals surface area contributed by atoms with Crippen molar-refractivity contribution in [3.05, 3.63) is 34.6 Å². The summed E-state index contributed by atoms with van der Waals surface area (Å²) >= 11 is 5.82. The largest absolute Gasteiger partial charge is 0.390 e. The van der Waals surface area contributed by atoms with Crippen molar-refractivity contribution in [2.75, 3.05) is 0 Å². The molecule has 0 aromatic heterocycles. The lowest BCUT2D eigenvalue weighted by atomic mass is 9.90. The zero-order valence-corrected chi connectivity index (χ0v) is 11.5. The van der Waals surface area contributed by atoms with Crippen LogP contribution in [0.15, 0.2) is 18.2 Å². The first-order valence-electron chi connectivity index (χ1n) is 6.30. The molecule has 4 heteroatoms. The van der Waals surface area contributed by atoms with Gasteiger partial charge in [0.05, 0.1) is 17.2 Å². The van der Waals surface area contributed by atoms with Crippen LogP contribution in [-0.4, -0.2) is 22.4 Å². The van der Waals surface area contributed by atoms with Crippen LogP contribution in [0, 0.1) is 11.7 Å². The van der Waals surface area contributed by atoms with Gasteiger partial charge in [-0.1, -0.05) is 50.4 Å². The second-order valence-electron chi connectivity index (χ2n) is 4.55. The van der Waals surface area contributed by atoms with Crippen molar-refractivity contribution in [1.82, 2.24) is 0 Å². The van der Waals surface area contributed by atoms with Crippen LogP contribution in [0.25, 0.3) is 0 Å². The molecule has 2 atom stereocenters. The van der Waals surface area contributed by atoms with E-state index in [1.807, 2.05) is 13.8 Å². The van der Waals surface area contributed by atoms with E-state index in [4.69, 9.17) is 11.6 Å². The Kier molecular flexibility index (Phi) is 6.06. The van der Waals surface area contributed by atoms with Gasteiger partial charge in [0.15, 0.2) is 0 Å². The fourth-order valence-electron chi connectivity index (χ4n) is 2.14. The van der Waals surface area contributed by atoms with E-state index in [-0.39, 0.29) is 17.4 Å². The van der Waals surface area contributed by atoms with E-state index in [1.54, 1.807) is 12.1 Å². The number of benzene rings is 1. The number of halogens is 2. The molecule has 1 aromatic carbocycles. The fourth-order valence-corrected chi connectivity index (χ4v) is 2.34. The van der Waals surface area contributed by atoms with Crippen molar-refractivity contribution in [3.8, 4) is 0 Å². The topological polar surface area (TPSA) is 40.5 Å². The summed E-state index contributed by atoms with van der Waals surface area (Å²) < 4.78 is 13.2. The molecule has 2 unspecified atom stereocenters. The Balaban J connectivity index is 2.75. The summed E-state index contributed by atoms with van der Waals surface area (Å²) in [4.78, 5) is 0. The number of aliphatic hydroxyl groups excluding tert-OH is 2. The van der Waals surface area contributed by atoms with Crippen LogP contribution in [0.2, 0.25) is 5.02 Å². The molecule has 0 saturated carbocycles. The van der Waals surface area contributed by atoms with Gasteiger partial charge in [0.2, 0.25) is 0 Å². The Morgan fingerprint density at radius 1 is 1.22 bits per heavy atom. The molecule has 0 aliphatic rings. The second kappa shape index (κ2) is 7.07. The molecule has 1 rings (SSSR count). The van der Waals surface area contributed by atoms with E-state index in [0.717, 1.165) is 12.8 Å². The van der Waals surface area contributed by atoms with Crippen LogP contribution in [0.1, 0.15) is 32.3 Å². The van der Waals surface area contributed by atoms with Crippen LogP contribution >= 0.6 is 11.6 Å². The molecule has 0 heterocycles. The summed E-state index contributed by atoms with van der Waals surface area (Å²) in [6.45, 7) is 3.94. The van der Waals surface area contributed by atoms with Crippen molar-refractivity contribution >= 4 is 11.6 Å². The fraction of sp³-hybridized carbons (Fsp3) is 0.571. The lowest BCUT2D eigenvalue weighted by molar-refractivity contribution is -0.0187. The van der Waals surface area contributed by atoms with E-state index in [1.165, 1.54) is 6.07 Å². The lowest BCUT2D eigenvalue weighted by Crippen LogP contribution is -2.34. The first kappa shape index (κ1) is 15.4. The molecule has 18 heavy (non-hydrogen) atoms. The van der Waals surface area contributed by atoms with Gasteiger partial charge < -0.3 is 10.2 Å². The standard InChI is InChI=1S/C14H20ClFO2/c1-3-9(4-2)14(18)12(17)8-10-6-5-7-11(16)13(10)15/h5-7,9,12,14,17-18H,3-4,8H2,1-2H3. The molecule has 2 N–H and O–H groups in total. The van der Waals surface area contributed by atoms with Crippen molar-refractivity contribution in [2.45, 2.75) is 45.3 Å². The summed E-state index contributed by atoms with van der Waals surface area (Å²) in [5.41, 5.74) is 0.522. The Hall–Kier alpha value is -0.640. The first-order valence-corrected chi connectivity index (χ1v) is 6.68. The Bertz CT molecular complexity index is 380. The summed E-state index contributed by atoms with van der Waals surface area (Å²) in [6.07, 6.45) is 0.0272. The minimum atomic E-state index is -0.922. The van der Waals surface area contributed by atoms with Crippen LogP contribution in [0.4, 0.5) is 4.39 Å². The van der Waals surface area contributed by atoms with Crippen LogP contribution in [0.5, 0.6) is 0 Å². The van der Waals surface area contributed by atoms with Gasteiger partial charge in [-0.2, -0.15) is 0 Å². The maximum Gasteiger partial charge on any atom is 0.142 e. The van der Waals surface area contributed by atoms with E-state index in [0.29, 0.717) is 5.56 Å². The highest BCUT2D eigenvalue weighted by Gasteiger charge is 2.24. The summed E-state index contributed by atoms with van der Waals surface area (Å²) in [6, 6.07) is 4.48. The third kappa shape index (κ3) is 3.67. The molecule has 0 bridgehead atoms. The third-order valence-electron chi connectivity index (χ3n) is 3.39. The zero-order valence-electron chi connectivity index (χ0n) is 10.7. The minimum Gasteiger partial charge on any atom is -0.390 e. The van der Waals surface area contributed by atoms with Gasteiger partial charge in [0, 0.05) is 6.42 Å². The zero-order chi connectivity index (χ0) is 13.7. The van der Waals surface area contributed by atoms with Gasteiger partial charge >= 0.3 is 0 Å². The van der Waals surface area contributed by atoms with Crippen molar-refractivity contribution in [2.24, 2.45) is 5.92 Å². The normalized spacial score (nSPS) is 14.8. The number of hydrogen-bond acceptors (Lipinski definition) is 2. The number of rotatable bonds is 6. The monoisotopic (exact) mass is 274 g/mol. The molecule has 102 valence electrons. The van der Waals surface area contributed by atoms with Crippen LogP contribution in [0.3, 0.4) is 0 Å². The number of hydrogen-bond donors (Lipinski definition) is 2. The van der Waals surface area contributed by atoms with E-state index in [9.17, 15) is 14.6 Å². The summed E-state index contributed by atoms with van der Waals surface area (Å²) in [7, 11) is 0. The van der Waals surface area contributed by atoms with Gasteiger partial charge in [-0.15, -0.1) is 0 Å². The summed E-state index contributed by atoms with van der Waals surface area (Å²) in [5.74, 6) is -0.453. The molecule has 0 saturated heterocycles. The number of aliphatic hydroxyl groups is 2. The van der Waals surface area contributed by atoms with Gasteiger partial charge in [0.25, 0.3) is 0 Å². The molecule has 0 spiro atoms. The Morgan fingerprint density at radius 2 is 1.83 bits per heavy atom. The molecule has 2 nitrogen and oxygen atoms in total. The molecular formula is C14H20ClFO2. The SMILES string of the molecule is CCC(CC)C(O)C(O)Cc1cccc(F)c1Cl. The van der Waals surface area contributed by atoms with Gasteiger partial charge in [0.1, 0.15) is 5.82 Å². The molecule has 0 radical (unpaired) electrons. The van der Waals surface area contributed by atoms with Crippen molar-refractivity contribution < 1.29 is 14.6 Å². The molecule has 0 aliphatic heterocycles. The van der Waals surface area contributed by atoms with Crippen molar-refractivity contribution in [1.29, 1.82) is 0 Å². The minimum absolute atomic E-state index is 0.0216. The van der Waals surface area contributed by atoms with Gasteiger partial charge in [-0.3, -0.25) is 0 Å². The lowest BCUT2D eigenvalue weighted by Gasteiger charge is -2.25.